The first-order chi connectivity index (χ1) is 7.99. The molecule has 0 unspecified atom stereocenters. The number of carboxylic acids is 1. The molecular weight excluding hydrogens is 232 g/mol. The second-order valence-electron chi connectivity index (χ2n) is 3.59. The minimum absolute atomic E-state index is 0.0783. The maximum Gasteiger partial charge on any atom is 0.320 e. The van der Waals surface area contributed by atoms with Crippen LogP contribution in [-0.2, 0) is 11.2 Å². The highest BCUT2D eigenvalue weighted by Gasteiger charge is 2.17. The number of hydrogen-bond donors (Lipinski definition) is 3. The zero-order valence-electron chi connectivity index (χ0n) is 8.58. The summed E-state index contributed by atoms with van der Waals surface area (Å²) in [7, 11) is 0. The molecular formula is C10H9F2N3O2. The Morgan fingerprint density at radius 1 is 1.53 bits per heavy atom. The Kier molecular flexibility index (Phi) is 2.76. The number of fused-ring (bicyclic) bond motifs is 1. The molecule has 0 aliphatic carbocycles. The van der Waals surface area contributed by atoms with E-state index in [9.17, 15) is 13.6 Å². The molecule has 0 aliphatic heterocycles. The van der Waals surface area contributed by atoms with Gasteiger partial charge in [0, 0.05) is 6.42 Å². The number of nitrogens with one attached hydrogen (secondary N) is 1. The highest BCUT2D eigenvalue weighted by atomic mass is 19.2. The Hall–Kier alpha value is -2.02. The molecule has 90 valence electrons. The van der Waals surface area contributed by atoms with Crippen molar-refractivity contribution in [3.8, 4) is 0 Å². The first-order valence-corrected chi connectivity index (χ1v) is 4.80. The van der Waals surface area contributed by atoms with Gasteiger partial charge in [0.05, 0.1) is 5.52 Å². The molecule has 5 nitrogen and oxygen atoms in total. The van der Waals surface area contributed by atoms with Crippen LogP contribution in [0.25, 0.3) is 11.0 Å². The average molecular weight is 241 g/mol. The molecule has 1 aromatic heterocycles. The van der Waals surface area contributed by atoms with Gasteiger partial charge in [-0.1, -0.05) is 0 Å². The van der Waals surface area contributed by atoms with Crippen molar-refractivity contribution < 1.29 is 18.7 Å². The fraction of sp³-hybridized carbons (Fsp3) is 0.200. The van der Waals surface area contributed by atoms with E-state index in [4.69, 9.17) is 10.8 Å². The molecule has 0 aliphatic rings. The zero-order chi connectivity index (χ0) is 12.6. The lowest BCUT2D eigenvalue weighted by atomic mass is 10.2. The van der Waals surface area contributed by atoms with Gasteiger partial charge in [-0.15, -0.1) is 0 Å². The van der Waals surface area contributed by atoms with E-state index in [1.54, 1.807) is 0 Å². The van der Waals surface area contributed by atoms with Gasteiger partial charge >= 0.3 is 5.97 Å². The molecule has 7 heteroatoms. The van der Waals surface area contributed by atoms with Gasteiger partial charge in [-0.05, 0) is 12.1 Å². The van der Waals surface area contributed by atoms with Crippen LogP contribution >= 0.6 is 0 Å². The highest BCUT2D eigenvalue weighted by molar-refractivity contribution is 5.76. The standard InChI is InChI=1S/C10H9F2N3O2/c11-4-1-2-6-9(8(4)12)15-7(14-6)3-5(13)10(16)17/h1-2,5H,3,13H2,(H,14,15)(H,16,17)/t5-/m1/s1. The van der Waals surface area contributed by atoms with Crippen molar-refractivity contribution in [3.05, 3.63) is 29.6 Å². The number of imidazole rings is 1. The number of rotatable bonds is 3. The quantitative estimate of drug-likeness (QED) is 0.741. The third-order valence-electron chi connectivity index (χ3n) is 2.33. The van der Waals surface area contributed by atoms with Crippen LogP contribution in [0.2, 0.25) is 0 Å². The highest BCUT2D eigenvalue weighted by Crippen LogP contribution is 2.18. The summed E-state index contributed by atoms with van der Waals surface area (Å²) < 4.78 is 26.2. The molecule has 0 amide bonds. The van der Waals surface area contributed by atoms with Crippen LogP contribution in [0.4, 0.5) is 8.78 Å². The lowest BCUT2D eigenvalue weighted by molar-refractivity contribution is -0.138. The van der Waals surface area contributed by atoms with Crippen molar-refractivity contribution in [2.75, 3.05) is 0 Å². The topological polar surface area (TPSA) is 92.0 Å². The number of aromatic amines is 1. The van der Waals surface area contributed by atoms with E-state index in [0.717, 1.165) is 6.07 Å². The van der Waals surface area contributed by atoms with Gasteiger partial charge in [-0.3, -0.25) is 4.79 Å². The number of aromatic nitrogens is 2. The van der Waals surface area contributed by atoms with Gasteiger partial charge in [0.2, 0.25) is 0 Å². The Morgan fingerprint density at radius 2 is 2.24 bits per heavy atom. The number of hydrogen-bond acceptors (Lipinski definition) is 3. The van der Waals surface area contributed by atoms with Gasteiger partial charge in [0.25, 0.3) is 0 Å². The summed E-state index contributed by atoms with van der Waals surface area (Å²) in [6.45, 7) is 0. The van der Waals surface area contributed by atoms with Crippen molar-refractivity contribution in [1.29, 1.82) is 0 Å². The summed E-state index contributed by atoms with van der Waals surface area (Å²) in [4.78, 5) is 17.0. The summed E-state index contributed by atoms with van der Waals surface area (Å²) in [5, 5.41) is 8.62. The van der Waals surface area contributed by atoms with Crippen LogP contribution in [0, 0.1) is 11.6 Å². The Bertz CT molecular complexity index is 582. The lowest BCUT2D eigenvalue weighted by Crippen LogP contribution is -2.32. The first-order valence-electron chi connectivity index (χ1n) is 4.80. The van der Waals surface area contributed by atoms with Crippen LogP contribution in [0.15, 0.2) is 12.1 Å². The molecule has 1 atom stereocenters. The van der Waals surface area contributed by atoms with E-state index in [-0.39, 0.29) is 17.8 Å². The molecule has 0 saturated carbocycles. The molecule has 2 aromatic rings. The number of halogens is 2. The molecule has 0 fully saturated rings. The SMILES string of the molecule is N[C@H](Cc1nc2c(F)c(F)ccc2[nH]1)C(=O)O. The molecule has 0 radical (unpaired) electrons. The minimum atomic E-state index is -1.18. The number of carboxylic acid groups (broad SMARTS) is 1. The van der Waals surface area contributed by atoms with Gasteiger partial charge in [0.15, 0.2) is 11.6 Å². The van der Waals surface area contributed by atoms with Crippen molar-refractivity contribution in [2.45, 2.75) is 12.5 Å². The summed E-state index contributed by atoms with van der Waals surface area (Å²) in [5.41, 5.74) is 5.46. The second kappa shape index (κ2) is 4.10. The van der Waals surface area contributed by atoms with Gasteiger partial charge in [-0.25, -0.2) is 13.8 Å². The number of aliphatic carboxylic acids is 1. The smallest absolute Gasteiger partial charge is 0.320 e. The van der Waals surface area contributed by atoms with Crippen LogP contribution in [0.3, 0.4) is 0 Å². The normalized spacial score (nSPS) is 12.9. The van der Waals surface area contributed by atoms with Crippen molar-refractivity contribution >= 4 is 17.0 Å². The Morgan fingerprint density at radius 3 is 2.88 bits per heavy atom. The summed E-state index contributed by atoms with van der Waals surface area (Å²) in [5.74, 6) is -3.04. The number of nitrogens with zero attached hydrogens (tertiary/aromatic N) is 1. The van der Waals surface area contributed by atoms with Crippen molar-refractivity contribution in [3.63, 3.8) is 0 Å². The fourth-order valence-corrected chi connectivity index (χ4v) is 1.46. The van der Waals surface area contributed by atoms with Crippen LogP contribution in [0.5, 0.6) is 0 Å². The van der Waals surface area contributed by atoms with Gasteiger partial charge in [-0.2, -0.15) is 0 Å². The van der Waals surface area contributed by atoms with E-state index >= 15 is 0 Å². The maximum absolute atomic E-state index is 13.3. The molecule has 4 N–H and O–H groups in total. The van der Waals surface area contributed by atoms with Crippen LogP contribution in [-0.4, -0.2) is 27.1 Å². The van der Waals surface area contributed by atoms with E-state index < -0.39 is 23.6 Å². The summed E-state index contributed by atoms with van der Waals surface area (Å²) >= 11 is 0. The number of H-pyrrole nitrogens is 1. The van der Waals surface area contributed by atoms with Crippen molar-refractivity contribution in [2.24, 2.45) is 5.73 Å². The summed E-state index contributed by atoms with van der Waals surface area (Å²) in [6.07, 6.45) is -0.0783. The Labute approximate surface area is 94.3 Å². The first kappa shape index (κ1) is 11.5. The monoisotopic (exact) mass is 241 g/mol. The molecule has 1 aromatic carbocycles. The maximum atomic E-state index is 13.3. The van der Waals surface area contributed by atoms with E-state index in [2.05, 4.69) is 9.97 Å². The van der Waals surface area contributed by atoms with E-state index in [1.165, 1.54) is 6.07 Å². The summed E-state index contributed by atoms with van der Waals surface area (Å²) in [6, 6.07) is 1.16. The molecule has 0 bridgehead atoms. The van der Waals surface area contributed by atoms with Gasteiger partial charge in [0.1, 0.15) is 17.4 Å². The zero-order valence-corrected chi connectivity index (χ0v) is 8.58. The molecule has 1 heterocycles. The number of nitrogens with two attached hydrogens (primary N) is 1. The molecule has 0 saturated heterocycles. The third kappa shape index (κ3) is 2.09. The van der Waals surface area contributed by atoms with Crippen molar-refractivity contribution in [1.82, 2.24) is 9.97 Å². The molecule has 17 heavy (non-hydrogen) atoms. The number of benzene rings is 1. The van der Waals surface area contributed by atoms with Crippen LogP contribution < -0.4 is 5.73 Å². The van der Waals surface area contributed by atoms with E-state index in [0.29, 0.717) is 5.52 Å². The van der Waals surface area contributed by atoms with Crippen LogP contribution in [0.1, 0.15) is 5.82 Å². The minimum Gasteiger partial charge on any atom is -0.480 e. The van der Waals surface area contributed by atoms with E-state index in [1.807, 2.05) is 0 Å². The average Bonchev–Trinajstić information content (AvgIpc) is 2.67. The molecule has 2 rings (SSSR count). The number of carbonyl (C=O) groups is 1. The van der Waals surface area contributed by atoms with Gasteiger partial charge < -0.3 is 15.8 Å². The second-order valence-corrected chi connectivity index (χ2v) is 3.59. The third-order valence-corrected chi connectivity index (χ3v) is 2.33. The predicted molar refractivity (Wildman–Crippen MR) is 55.3 cm³/mol. The lowest BCUT2D eigenvalue weighted by Gasteiger charge is -2.01. The fourth-order valence-electron chi connectivity index (χ4n) is 1.46. The predicted octanol–water partition coefficient (Wildman–Crippen LogP) is 0.795. The Balaban J connectivity index is 2.38. The largest absolute Gasteiger partial charge is 0.480 e. The molecule has 0 spiro atoms.